The number of benzene rings is 2. The fourth-order valence-electron chi connectivity index (χ4n) is 3.33. The van der Waals surface area contributed by atoms with Gasteiger partial charge in [-0.2, -0.15) is 0 Å². The highest BCUT2D eigenvalue weighted by Crippen LogP contribution is 2.26. The molecule has 10 heteroatoms. The number of anilines is 1. The van der Waals surface area contributed by atoms with E-state index < -0.39 is 28.5 Å². The van der Waals surface area contributed by atoms with E-state index in [2.05, 4.69) is 21.2 Å². The second-order valence-corrected chi connectivity index (χ2v) is 11.6. The second kappa shape index (κ2) is 12.0. The Kier molecular flexibility index (Phi) is 9.96. The van der Waals surface area contributed by atoms with Crippen molar-refractivity contribution in [1.82, 2.24) is 10.2 Å². The summed E-state index contributed by atoms with van der Waals surface area (Å²) in [5.41, 5.74) is 1.79. The lowest BCUT2D eigenvalue weighted by atomic mass is 10.1. The molecular weight excluding hydrogens is 542 g/mol. The van der Waals surface area contributed by atoms with Crippen molar-refractivity contribution in [1.29, 1.82) is 0 Å². The summed E-state index contributed by atoms with van der Waals surface area (Å²) < 4.78 is 27.2. The van der Waals surface area contributed by atoms with Crippen molar-refractivity contribution in [3.05, 3.63) is 63.1 Å². The summed E-state index contributed by atoms with van der Waals surface area (Å²) in [6, 6.07) is 11.3. The molecule has 0 aliphatic heterocycles. The summed E-state index contributed by atoms with van der Waals surface area (Å²) in [6.45, 7) is 6.93. The highest BCUT2D eigenvalue weighted by atomic mass is 79.9. The lowest BCUT2D eigenvalue weighted by molar-refractivity contribution is -0.139. The highest BCUT2D eigenvalue weighted by molar-refractivity contribution is 9.10. The molecule has 0 saturated heterocycles. The highest BCUT2D eigenvalue weighted by Gasteiger charge is 2.30. The Balaban J connectivity index is 2.41. The first kappa shape index (κ1) is 28.1. The summed E-state index contributed by atoms with van der Waals surface area (Å²) in [4.78, 5) is 27.8. The molecule has 2 atom stereocenters. The van der Waals surface area contributed by atoms with Crippen molar-refractivity contribution in [2.24, 2.45) is 0 Å². The van der Waals surface area contributed by atoms with Crippen molar-refractivity contribution in [2.45, 2.75) is 52.7 Å². The van der Waals surface area contributed by atoms with Crippen LogP contribution in [-0.2, 0) is 26.2 Å². The fourth-order valence-corrected chi connectivity index (χ4v) is 4.73. The maximum absolute atomic E-state index is 13.5. The van der Waals surface area contributed by atoms with E-state index in [1.807, 2.05) is 38.1 Å². The molecule has 2 aromatic rings. The van der Waals surface area contributed by atoms with E-state index in [0.29, 0.717) is 16.3 Å². The van der Waals surface area contributed by atoms with Gasteiger partial charge in [0.25, 0.3) is 0 Å². The van der Waals surface area contributed by atoms with Gasteiger partial charge in [-0.3, -0.25) is 13.9 Å². The van der Waals surface area contributed by atoms with E-state index >= 15 is 0 Å². The third kappa shape index (κ3) is 7.71. The van der Waals surface area contributed by atoms with Crippen molar-refractivity contribution in [3.63, 3.8) is 0 Å². The van der Waals surface area contributed by atoms with Gasteiger partial charge >= 0.3 is 0 Å². The van der Waals surface area contributed by atoms with Gasteiger partial charge in [0.15, 0.2) is 0 Å². The zero-order chi connectivity index (χ0) is 25.6. The zero-order valence-corrected chi connectivity index (χ0v) is 23.2. The summed E-state index contributed by atoms with van der Waals surface area (Å²) in [6.07, 6.45) is 1.79. The summed E-state index contributed by atoms with van der Waals surface area (Å²) in [7, 11) is -3.79. The van der Waals surface area contributed by atoms with Gasteiger partial charge < -0.3 is 10.2 Å². The second-order valence-electron chi connectivity index (χ2n) is 8.34. The smallest absolute Gasteiger partial charge is 0.244 e. The SMILES string of the molecule is CC[C@H](C)NC(=O)[C@@H](C)N(Cc1ccc(Br)cc1)C(=O)CN(c1ccc(Cl)cc1C)S(C)(=O)=O. The lowest BCUT2D eigenvalue weighted by Crippen LogP contribution is -2.52. The van der Waals surface area contributed by atoms with Gasteiger partial charge in [-0.15, -0.1) is 0 Å². The Morgan fingerprint density at radius 1 is 1.12 bits per heavy atom. The molecule has 0 spiro atoms. The number of aryl methyl sites for hydroxylation is 1. The maximum Gasteiger partial charge on any atom is 0.244 e. The first-order valence-electron chi connectivity index (χ1n) is 10.9. The van der Waals surface area contributed by atoms with Crippen LogP contribution in [0.4, 0.5) is 5.69 Å². The average molecular weight is 573 g/mol. The van der Waals surface area contributed by atoms with Crippen molar-refractivity contribution in [2.75, 3.05) is 17.1 Å². The molecule has 0 radical (unpaired) electrons. The van der Waals surface area contributed by atoms with Crippen LogP contribution in [0.15, 0.2) is 46.9 Å². The minimum absolute atomic E-state index is 0.0520. The summed E-state index contributed by atoms with van der Waals surface area (Å²) >= 11 is 9.42. The number of carbonyl (C=O) groups is 2. The molecule has 2 amide bonds. The predicted octanol–water partition coefficient (Wildman–Crippen LogP) is 4.51. The molecule has 0 aliphatic carbocycles. The average Bonchev–Trinajstić information content (AvgIpc) is 2.76. The molecule has 34 heavy (non-hydrogen) atoms. The van der Waals surface area contributed by atoms with E-state index in [4.69, 9.17) is 11.6 Å². The minimum atomic E-state index is -3.79. The Labute approximate surface area is 215 Å². The van der Waals surface area contributed by atoms with E-state index in [1.54, 1.807) is 32.0 Å². The number of nitrogens with zero attached hydrogens (tertiary/aromatic N) is 2. The van der Waals surface area contributed by atoms with Gasteiger partial charge in [0.05, 0.1) is 11.9 Å². The monoisotopic (exact) mass is 571 g/mol. The van der Waals surface area contributed by atoms with Crippen LogP contribution in [0.1, 0.15) is 38.3 Å². The number of amides is 2. The van der Waals surface area contributed by atoms with Crippen LogP contribution in [-0.4, -0.2) is 50.0 Å². The largest absolute Gasteiger partial charge is 0.352 e. The predicted molar refractivity (Wildman–Crippen MR) is 140 cm³/mol. The Bertz CT molecular complexity index is 1130. The van der Waals surface area contributed by atoms with Crippen LogP contribution in [0.2, 0.25) is 5.02 Å². The van der Waals surface area contributed by atoms with Crippen molar-refractivity contribution >= 4 is 55.1 Å². The van der Waals surface area contributed by atoms with Gasteiger partial charge in [-0.1, -0.05) is 46.6 Å². The van der Waals surface area contributed by atoms with Crippen LogP contribution in [0.25, 0.3) is 0 Å². The van der Waals surface area contributed by atoms with Gasteiger partial charge in [0.2, 0.25) is 21.8 Å². The van der Waals surface area contributed by atoms with Crippen LogP contribution in [0.3, 0.4) is 0 Å². The molecular formula is C24H31BrClN3O4S. The number of rotatable bonds is 10. The maximum atomic E-state index is 13.5. The molecule has 0 aromatic heterocycles. The number of carbonyl (C=O) groups excluding carboxylic acids is 2. The third-order valence-electron chi connectivity index (χ3n) is 5.54. The standard InChI is InChI=1S/C24H31BrClN3O4S/c1-6-17(3)27-24(31)18(4)28(14-19-7-9-20(25)10-8-19)23(30)15-29(34(5,32)33)22-12-11-21(26)13-16(22)2/h7-13,17-18H,6,14-15H2,1-5H3,(H,27,31)/t17-,18+/m0/s1. The van der Waals surface area contributed by atoms with E-state index in [1.165, 1.54) is 4.90 Å². The first-order chi connectivity index (χ1) is 15.8. The lowest BCUT2D eigenvalue weighted by Gasteiger charge is -2.32. The molecule has 186 valence electrons. The number of nitrogens with one attached hydrogen (secondary N) is 1. The van der Waals surface area contributed by atoms with E-state index in [-0.39, 0.29) is 18.5 Å². The Morgan fingerprint density at radius 2 is 1.74 bits per heavy atom. The summed E-state index contributed by atoms with van der Waals surface area (Å²) in [5.74, 6) is -0.789. The Hall–Kier alpha value is -2.10. The molecule has 2 rings (SSSR count). The molecule has 0 heterocycles. The molecule has 0 aliphatic rings. The topological polar surface area (TPSA) is 86.8 Å². The number of hydrogen-bond acceptors (Lipinski definition) is 4. The van der Waals surface area contributed by atoms with Gasteiger partial charge in [-0.25, -0.2) is 8.42 Å². The normalized spacial score (nSPS) is 13.1. The molecule has 0 bridgehead atoms. The quantitative estimate of drug-likeness (QED) is 0.454. The van der Waals surface area contributed by atoms with E-state index in [0.717, 1.165) is 27.0 Å². The van der Waals surface area contributed by atoms with Crippen molar-refractivity contribution < 1.29 is 18.0 Å². The summed E-state index contributed by atoms with van der Waals surface area (Å²) in [5, 5.41) is 3.37. The number of halogens is 2. The molecule has 0 saturated carbocycles. The van der Waals surface area contributed by atoms with Crippen molar-refractivity contribution in [3.8, 4) is 0 Å². The fraction of sp³-hybridized carbons (Fsp3) is 0.417. The van der Waals surface area contributed by atoms with Gasteiger partial charge in [0.1, 0.15) is 12.6 Å². The van der Waals surface area contributed by atoms with Gasteiger partial charge in [-0.05, 0) is 68.7 Å². The Morgan fingerprint density at radius 3 is 2.26 bits per heavy atom. The van der Waals surface area contributed by atoms with Crippen LogP contribution < -0.4 is 9.62 Å². The van der Waals surface area contributed by atoms with Crippen LogP contribution in [0, 0.1) is 6.92 Å². The minimum Gasteiger partial charge on any atom is -0.352 e. The number of sulfonamides is 1. The number of hydrogen-bond donors (Lipinski definition) is 1. The molecule has 7 nitrogen and oxygen atoms in total. The molecule has 0 fully saturated rings. The molecule has 0 unspecified atom stereocenters. The third-order valence-corrected chi connectivity index (χ3v) is 7.43. The molecule has 2 aromatic carbocycles. The van der Waals surface area contributed by atoms with Crippen LogP contribution >= 0.6 is 27.5 Å². The van der Waals surface area contributed by atoms with E-state index in [9.17, 15) is 18.0 Å². The van der Waals surface area contributed by atoms with Gasteiger partial charge in [0, 0.05) is 22.1 Å². The first-order valence-corrected chi connectivity index (χ1v) is 13.9. The zero-order valence-electron chi connectivity index (χ0n) is 20.0. The van der Waals surface area contributed by atoms with Crippen LogP contribution in [0.5, 0.6) is 0 Å². The molecule has 1 N–H and O–H groups in total.